The van der Waals surface area contributed by atoms with Crippen molar-refractivity contribution in [3.05, 3.63) is 5.82 Å². The monoisotopic (exact) mass is 523 g/mol. The van der Waals surface area contributed by atoms with Gasteiger partial charge in [-0.25, -0.2) is 5.06 Å². The number of anilines is 2. The number of ether oxygens (including phenoxy) is 1. The maximum absolute atomic E-state index is 15.3. The van der Waals surface area contributed by atoms with Gasteiger partial charge >= 0.3 is 6.01 Å². The molecule has 2 atom stereocenters. The number of methoxy groups -OCH3 is 1. The van der Waals surface area contributed by atoms with E-state index in [1.54, 1.807) is 4.90 Å². The van der Waals surface area contributed by atoms with Crippen molar-refractivity contribution >= 4 is 29.9 Å². The maximum atomic E-state index is 15.3. The van der Waals surface area contributed by atoms with Crippen molar-refractivity contribution in [3.8, 4) is 6.01 Å². The summed E-state index contributed by atoms with van der Waals surface area (Å²) in [6, 6.07) is -0.849. The van der Waals surface area contributed by atoms with Gasteiger partial charge in [0.25, 0.3) is 0 Å². The number of hydroxylamine groups is 2. The fourth-order valence-electron chi connectivity index (χ4n) is 4.89. The van der Waals surface area contributed by atoms with Crippen molar-refractivity contribution in [1.29, 1.82) is 0 Å². The van der Waals surface area contributed by atoms with Gasteiger partial charge in [0.2, 0.25) is 24.0 Å². The van der Waals surface area contributed by atoms with Crippen LogP contribution in [0.2, 0.25) is 0 Å². The first-order valence-electron chi connectivity index (χ1n) is 13.0. The summed E-state index contributed by atoms with van der Waals surface area (Å²) in [5, 5.41) is 12.9. The summed E-state index contributed by atoms with van der Waals surface area (Å²) in [6.45, 7) is 2.96. The van der Waals surface area contributed by atoms with Gasteiger partial charge in [0.1, 0.15) is 6.04 Å². The van der Waals surface area contributed by atoms with Gasteiger partial charge in [0.15, 0.2) is 11.6 Å². The van der Waals surface area contributed by atoms with Crippen LogP contribution in [-0.2, 0) is 14.4 Å². The zero-order valence-corrected chi connectivity index (χ0v) is 21.5. The van der Waals surface area contributed by atoms with Crippen molar-refractivity contribution in [2.75, 3.05) is 37.5 Å². The first-order chi connectivity index (χ1) is 17.9. The molecule has 0 bridgehead atoms. The average Bonchev–Trinajstić information content (AvgIpc) is 3.63. The number of carbonyl (C=O) groups is 3. The van der Waals surface area contributed by atoms with Gasteiger partial charge in [-0.3, -0.25) is 30.4 Å². The molecule has 2 fully saturated rings. The standard InChI is InChI=1S/C24H38FN7O5/c1-3-18(23(35)31-12-6-7-13-31)26-20-19(25)21(28-24(27-20)37-2)29-30-22(34)17(14-32(36)15-33)11-10-16-8-4-5-9-16/h15-18,36H,3-14H2,1-2H3,(H,30,34)(H2,26,27,28,29)/t17-,18+/m1/s1. The number of hydrogen-bond acceptors (Lipinski definition) is 9. The molecule has 1 aliphatic heterocycles. The predicted molar refractivity (Wildman–Crippen MR) is 133 cm³/mol. The van der Waals surface area contributed by atoms with Crippen molar-refractivity contribution < 1.29 is 28.7 Å². The molecule has 2 heterocycles. The van der Waals surface area contributed by atoms with E-state index >= 15 is 4.39 Å². The lowest BCUT2D eigenvalue weighted by atomic mass is 9.94. The first-order valence-corrected chi connectivity index (χ1v) is 13.0. The van der Waals surface area contributed by atoms with Crippen LogP contribution in [0.1, 0.15) is 64.7 Å². The number of hydrogen-bond donors (Lipinski definition) is 4. The second kappa shape index (κ2) is 13.9. The lowest BCUT2D eigenvalue weighted by Gasteiger charge is -2.24. The van der Waals surface area contributed by atoms with Crippen LogP contribution in [0.3, 0.4) is 0 Å². The van der Waals surface area contributed by atoms with E-state index in [2.05, 4.69) is 26.1 Å². The molecule has 1 saturated heterocycles. The molecule has 0 spiro atoms. The van der Waals surface area contributed by atoms with E-state index in [4.69, 9.17) is 4.74 Å². The Bertz CT molecular complexity index is 925. The first kappa shape index (κ1) is 28.4. The van der Waals surface area contributed by atoms with Crippen LogP contribution in [0.5, 0.6) is 6.01 Å². The van der Waals surface area contributed by atoms with Crippen LogP contribution in [0, 0.1) is 17.7 Å². The third kappa shape index (κ3) is 7.88. The summed E-state index contributed by atoms with van der Waals surface area (Å²) in [7, 11) is 1.32. The summed E-state index contributed by atoms with van der Waals surface area (Å²) >= 11 is 0. The molecule has 1 aliphatic carbocycles. The highest BCUT2D eigenvalue weighted by Crippen LogP contribution is 2.30. The Morgan fingerprint density at radius 2 is 1.89 bits per heavy atom. The molecule has 1 saturated carbocycles. The molecule has 37 heavy (non-hydrogen) atoms. The fraction of sp³-hybridized carbons (Fsp3) is 0.708. The number of rotatable bonds is 14. The largest absolute Gasteiger partial charge is 0.467 e. The topological polar surface area (TPSA) is 149 Å². The van der Waals surface area contributed by atoms with E-state index in [-0.39, 0.29) is 36.5 Å². The highest BCUT2D eigenvalue weighted by atomic mass is 19.1. The third-order valence-corrected chi connectivity index (χ3v) is 7.05. The third-order valence-electron chi connectivity index (χ3n) is 7.05. The van der Waals surface area contributed by atoms with Gasteiger partial charge in [-0.1, -0.05) is 32.6 Å². The highest BCUT2D eigenvalue weighted by Gasteiger charge is 2.28. The SMILES string of the molecule is CC[C@H](Nc1nc(OC)nc(NNC(=O)[C@H](CCC2CCCC2)CN(O)C=O)c1F)C(=O)N1CCCC1. The number of halogens is 1. The molecule has 206 valence electrons. The molecule has 1 aromatic rings. The molecule has 0 unspecified atom stereocenters. The highest BCUT2D eigenvalue weighted by molar-refractivity contribution is 5.85. The number of carbonyl (C=O) groups excluding carboxylic acids is 3. The zero-order chi connectivity index (χ0) is 26.8. The Labute approximate surface area is 216 Å². The summed E-state index contributed by atoms with van der Waals surface area (Å²) in [5.74, 6) is -2.34. The molecule has 2 aliphatic rings. The summed E-state index contributed by atoms with van der Waals surface area (Å²) in [4.78, 5) is 46.3. The van der Waals surface area contributed by atoms with Gasteiger partial charge in [0, 0.05) is 13.1 Å². The molecule has 13 heteroatoms. The van der Waals surface area contributed by atoms with Crippen LogP contribution in [0.4, 0.5) is 16.0 Å². The fourth-order valence-corrected chi connectivity index (χ4v) is 4.89. The van der Waals surface area contributed by atoms with Gasteiger partial charge < -0.3 is 15.0 Å². The van der Waals surface area contributed by atoms with Crippen LogP contribution in [0.15, 0.2) is 0 Å². The van der Waals surface area contributed by atoms with Gasteiger partial charge in [-0.2, -0.15) is 14.4 Å². The molecular weight excluding hydrogens is 485 g/mol. The average molecular weight is 524 g/mol. The quantitative estimate of drug-likeness (QED) is 0.164. The van der Waals surface area contributed by atoms with Gasteiger partial charge in [0.05, 0.1) is 19.6 Å². The Kier molecular flexibility index (Phi) is 10.7. The molecule has 1 aromatic heterocycles. The number of nitrogens with one attached hydrogen (secondary N) is 3. The van der Waals surface area contributed by atoms with E-state index in [1.165, 1.54) is 7.11 Å². The van der Waals surface area contributed by atoms with Crippen LogP contribution in [-0.4, -0.2) is 76.1 Å². The molecule has 0 aromatic carbocycles. The number of nitrogens with zero attached hydrogens (tertiary/aromatic N) is 4. The number of aromatic nitrogens is 2. The second-order valence-corrected chi connectivity index (χ2v) is 9.63. The minimum absolute atomic E-state index is 0.131. The second-order valence-electron chi connectivity index (χ2n) is 9.63. The smallest absolute Gasteiger partial charge is 0.320 e. The minimum Gasteiger partial charge on any atom is -0.467 e. The summed E-state index contributed by atoms with van der Waals surface area (Å²) in [6.07, 6.45) is 8.31. The van der Waals surface area contributed by atoms with Crippen molar-refractivity contribution in [1.82, 2.24) is 25.4 Å². The van der Waals surface area contributed by atoms with E-state index in [0.29, 0.717) is 36.9 Å². The molecule has 0 radical (unpaired) electrons. The molecule has 3 rings (SSSR count). The van der Waals surface area contributed by atoms with Crippen LogP contribution < -0.4 is 20.9 Å². The molecule has 4 N–H and O–H groups in total. The van der Waals surface area contributed by atoms with Crippen LogP contribution >= 0.6 is 0 Å². The molecular formula is C24H38FN7O5. The lowest BCUT2D eigenvalue weighted by Crippen LogP contribution is -2.42. The Morgan fingerprint density at radius 1 is 1.22 bits per heavy atom. The Balaban J connectivity index is 1.69. The van der Waals surface area contributed by atoms with Crippen molar-refractivity contribution in [2.24, 2.45) is 11.8 Å². The zero-order valence-electron chi connectivity index (χ0n) is 21.5. The normalized spacial score (nSPS) is 17.2. The number of likely N-dealkylation sites (tertiary alicyclic amines) is 1. The molecule has 12 nitrogen and oxygen atoms in total. The number of hydrazine groups is 1. The number of amides is 3. The Morgan fingerprint density at radius 3 is 2.51 bits per heavy atom. The van der Waals surface area contributed by atoms with Crippen molar-refractivity contribution in [2.45, 2.75) is 70.8 Å². The Hall–Kier alpha value is -3.22. The van der Waals surface area contributed by atoms with Gasteiger partial charge in [-0.15, -0.1) is 0 Å². The van der Waals surface area contributed by atoms with E-state index in [9.17, 15) is 19.6 Å². The van der Waals surface area contributed by atoms with E-state index in [1.807, 2.05) is 6.92 Å². The van der Waals surface area contributed by atoms with E-state index in [0.717, 1.165) is 44.9 Å². The maximum Gasteiger partial charge on any atom is 0.320 e. The van der Waals surface area contributed by atoms with Crippen LogP contribution in [0.25, 0.3) is 0 Å². The van der Waals surface area contributed by atoms with Crippen molar-refractivity contribution in [3.63, 3.8) is 0 Å². The summed E-state index contributed by atoms with van der Waals surface area (Å²) < 4.78 is 20.4. The lowest BCUT2D eigenvalue weighted by molar-refractivity contribution is -0.154. The summed E-state index contributed by atoms with van der Waals surface area (Å²) in [5.41, 5.74) is 4.90. The van der Waals surface area contributed by atoms with E-state index < -0.39 is 23.7 Å². The predicted octanol–water partition coefficient (Wildman–Crippen LogP) is 2.31. The minimum atomic E-state index is -0.895. The molecule has 3 amide bonds. The van der Waals surface area contributed by atoms with Gasteiger partial charge in [-0.05, 0) is 38.0 Å².